The molecule has 0 aromatic heterocycles. The Kier molecular flexibility index (Phi) is 4.21. The monoisotopic (exact) mass is 267 g/mol. The average Bonchev–Trinajstić information content (AvgIpc) is 3.24. The second-order valence-electron chi connectivity index (χ2n) is 4.38. The molecule has 0 heterocycles. The van der Waals surface area contributed by atoms with E-state index in [4.69, 9.17) is 10.5 Å². The highest BCUT2D eigenvalue weighted by atomic mass is 16.2. The van der Waals surface area contributed by atoms with E-state index in [1.165, 1.54) is 6.20 Å². The average molecular weight is 267 g/mol. The molecule has 1 aromatic carbocycles. The molecule has 0 atom stereocenters. The number of hydrogen-bond acceptors (Lipinski definition) is 4. The van der Waals surface area contributed by atoms with Crippen LogP contribution in [-0.4, -0.2) is 12.1 Å². The SMILES string of the molecule is N#CC(C#N)=CNc1cccc(NC(=O)NC2CC2)c1. The summed E-state index contributed by atoms with van der Waals surface area (Å²) in [6.07, 6.45) is 3.39. The summed E-state index contributed by atoms with van der Waals surface area (Å²) < 4.78 is 0. The molecule has 3 N–H and O–H groups in total. The van der Waals surface area contributed by atoms with Crippen molar-refractivity contribution >= 4 is 17.4 Å². The molecule has 1 aromatic rings. The third kappa shape index (κ3) is 4.04. The van der Waals surface area contributed by atoms with Crippen LogP contribution in [0.3, 0.4) is 0 Å². The number of amides is 2. The first-order chi connectivity index (χ1) is 9.71. The number of anilines is 2. The van der Waals surface area contributed by atoms with Crippen molar-refractivity contribution in [3.8, 4) is 12.1 Å². The van der Waals surface area contributed by atoms with E-state index < -0.39 is 0 Å². The molecule has 0 unspecified atom stereocenters. The number of allylic oxidation sites excluding steroid dienone is 1. The lowest BCUT2D eigenvalue weighted by Crippen LogP contribution is -2.30. The Labute approximate surface area is 116 Å². The fourth-order valence-corrected chi connectivity index (χ4v) is 1.51. The van der Waals surface area contributed by atoms with Gasteiger partial charge in [-0.1, -0.05) is 6.07 Å². The number of benzene rings is 1. The van der Waals surface area contributed by atoms with Crippen molar-refractivity contribution in [3.63, 3.8) is 0 Å². The maximum Gasteiger partial charge on any atom is 0.319 e. The van der Waals surface area contributed by atoms with E-state index in [0.717, 1.165) is 12.8 Å². The van der Waals surface area contributed by atoms with Gasteiger partial charge in [-0.15, -0.1) is 0 Å². The van der Waals surface area contributed by atoms with Crippen molar-refractivity contribution in [1.29, 1.82) is 10.5 Å². The van der Waals surface area contributed by atoms with Crippen LogP contribution in [0.5, 0.6) is 0 Å². The summed E-state index contributed by atoms with van der Waals surface area (Å²) in [5, 5.41) is 25.6. The van der Waals surface area contributed by atoms with Gasteiger partial charge in [-0.25, -0.2) is 4.79 Å². The van der Waals surface area contributed by atoms with E-state index in [1.807, 2.05) is 0 Å². The molecular formula is C14H13N5O. The lowest BCUT2D eigenvalue weighted by atomic mass is 10.2. The molecule has 100 valence electrons. The molecule has 6 heteroatoms. The van der Waals surface area contributed by atoms with Gasteiger partial charge < -0.3 is 16.0 Å². The van der Waals surface area contributed by atoms with E-state index in [2.05, 4.69) is 16.0 Å². The van der Waals surface area contributed by atoms with Gasteiger partial charge >= 0.3 is 6.03 Å². The first-order valence-electron chi connectivity index (χ1n) is 6.16. The summed E-state index contributed by atoms with van der Waals surface area (Å²) in [6, 6.07) is 10.6. The van der Waals surface area contributed by atoms with E-state index in [-0.39, 0.29) is 11.6 Å². The van der Waals surface area contributed by atoms with Crippen molar-refractivity contribution in [2.45, 2.75) is 18.9 Å². The van der Waals surface area contributed by atoms with Gasteiger partial charge in [-0.05, 0) is 31.0 Å². The Balaban J connectivity index is 1.97. The zero-order valence-electron chi connectivity index (χ0n) is 10.7. The Morgan fingerprint density at radius 2 is 1.95 bits per heavy atom. The second-order valence-corrected chi connectivity index (χ2v) is 4.38. The van der Waals surface area contributed by atoms with Gasteiger partial charge in [0.25, 0.3) is 0 Å². The van der Waals surface area contributed by atoms with Gasteiger partial charge in [0.1, 0.15) is 17.7 Å². The number of urea groups is 1. The van der Waals surface area contributed by atoms with Crippen LogP contribution in [-0.2, 0) is 0 Å². The molecule has 2 rings (SSSR count). The minimum atomic E-state index is -0.227. The summed E-state index contributed by atoms with van der Waals surface area (Å²) in [5.41, 5.74) is 1.30. The van der Waals surface area contributed by atoms with Gasteiger partial charge in [0.05, 0.1) is 0 Å². The summed E-state index contributed by atoms with van der Waals surface area (Å²) in [7, 11) is 0. The van der Waals surface area contributed by atoms with Crippen LogP contribution >= 0.6 is 0 Å². The zero-order chi connectivity index (χ0) is 14.4. The third-order valence-corrected chi connectivity index (χ3v) is 2.66. The first-order valence-corrected chi connectivity index (χ1v) is 6.16. The molecule has 2 amide bonds. The quantitative estimate of drug-likeness (QED) is 0.728. The predicted molar refractivity (Wildman–Crippen MR) is 74.6 cm³/mol. The molecule has 0 spiro atoms. The summed E-state index contributed by atoms with van der Waals surface area (Å²) in [5.74, 6) is 0. The number of rotatable bonds is 4. The summed E-state index contributed by atoms with van der Waals surface area (Å²) in [6.45, 7) is 0. The van der Waals surface area contributed by atoms with Gasteiger partial charge in [0.15, 0.2) is 0 Å². The number of carbonyl (C=O) groups excluding carboxylic acids is 1. The Morgan fingerprint density at radius 3 is 2.60 bits per heavy atom. The Morgan fingerprint density at radius 1 is 1.25 bits per heavy atom. The molecule has 20 heavy (non-hydrogen) atoms. The highest BCUT2D eigenvalue weighted by Crippen LogP contribution is 2.19. The molecular weight excluding hydrogens is 254 g/mol. The minimum Gasteiger partial charge on any atom is -0.360 e. The van der Waals surface area contributed by atoms with Gasteiger partial charge in [-0.3, -0.25) is 0 Å². The van der Waals surface area contributed by atoms with Crippen LogP contribution in [0.15, 0.2) is 36.0 Å². The molecule has 1 saturated carbocycles. The van der Waals surface area contributed by atoms with Crippen molar-refractivity contribution < 1.29 is 4.79 Å². The first kappa shape index (κ1) is 13.4. The number of carbonyl (C=O) groups is 1. The number of nitrogens with zero attached hydrogens (tertiary/aromatic N) is 2. The molecule has 1 fully saturated rings. The second kappa shape index (κ2) is 6.26. The topological polar surface area (TPSA) is 101 Å². The molecule has 0 radical (unpaired) electrons. The number of hydrogen-bond donors (Lipinski definition) is 3. The fourth-order valence-electron chi connectivity index (χ4n) is 1.51. The molecule has 0 bridgehead atoms. The van der Waals surface area contributed by atoms with Crippen LogP contribution in [0.4, 0.5) is 16.2 Å². The summed E-state index contributed by atoms with van der Waals surface area (Å²) in [4.78, 5) is 11.6. The summed E-state index contributed by atoms with van der Waals surface area (Å²) >= 11 is 0. The highest BCUT2D eigenvalue weighted by Gasteiger charge is 2.23. The zero-order valence-corrected chi connectivity index (χ0v) is 10.7. The predicted octanol–water partition coefficient (Wildman–Crippen LogP) is 2.31. The number of nitriles is 2. The van der Waals surface area contributed by atoms with Crippen molar-refractivity contribution in [2.24, 2.45) is 0 Å². The van der Waals surface area contributed by atoms with Crippen LogP contribution < -0.4 is 16.0 Å². The van der Waals surface area contributed by atoms with Crippen LogP contribution in [0.2, 0.25) is 0 Å². The Hall–Kier alpha value is -2.99. The number of nitrogens with one attached hydrogen (secondary N) is 3. The lowest BCUT2D eigenvalue weighted by molar-refractivity contribution is 0.251. The standard InChI is InChI=1S/C14H13N5O/c15-7-10(8-16)9-17-12-2-1-3-13(6-12)19-14(20)18-11-4-5-11/h1-3,6,9,11,17H,4-5H2,(H2,18,19,20). The van der Waals surface area contributed by atoms with Gasteiger partial charge in [-0.2, -0.15) is 10.5 Å². The highest BCUT2D eigenvalue weighted by molar-refractivity contribution is 5.90. The van der Waals surface area contributed by atoms with Gasteiger partial charge in [0.2, 0.25) is 0 Å². The maximum atomic E-state index is 11.6. The van der Waals surface area contributed by atoms with Crippen LogP contribution in [0.25, 0.3) is 0 Å². The molecule has 1 aliphatic carbocycles. The van der Waals surface area contributed by atoms with E-state index in [1.54, 1.807) is 36.4 Å². The van der Waals surface area contributed by atoms with E-state index in [0.29, 0.717) is 17.4 Å². The van der Waals surface area contributed by atoms with Gasteiger partial charge in [0, 0.05) is 23.6 Å². The van der Waals surface area contributed by atoms with Crippen molar-refractivity contribution in [1.82, 2.24) is 5.32 Å². The Bertz CT molecular complexity index is 603. The molecule has 6 nitrogen and oxygen atoms in total. The third-order valence-electron chi connectivity index (χ3n) is 2.66. The van der Waals surface area contributed by atoms with E-state index in [9.17, 15) is 4.79 Å². The molecule has 0 aliphatic heterocycles. The normalized spacial score (nSPS) is 12.5. The van der Waals surface area contributed by atoms with Crippen LogP contribution in [0.1, 0.15) is 12.8 Å². The van der Waals surface area contributed by atoms with Crippen molar-refractivity contribution in [3.05, 3.63) is 36.0 Å². The van der Waals surface area contributed by atoms with Crippen LogP contribution in [0, 0.1) is 22.7 Å². The molecule has 0 saturated heterocycles. The largest absolute Gasteiger partial charge is 0.360 e. The minimum absolute atomic E-state index is 0.0187. The smallest absolute Gasteiger partial charge is 0.319 e. The molecule has 1 aliphatic rings. The van der Waals surface area contributed by atoms with E-state index >= 15 is 0 Å². The maximum absolute atomic E-state index is 11.6. The van der Waals surface area contributed by atoms with Crippen molar-refractivity contribution in [2.75, 3.05) is 10.6 Å². The lowest BCUT2D eigenvalue weighted by Gasteiger charge is -2.08. The fraction of sp³-hybridized carbons (Fsp3) is 0.214.